The van der Waals surface area contributed by atoms with Gasteiger partial charge in [-0.1, -0.05) is 0 Å². The van der Waals surface area contributed by atoms with E-state index >= 15 is 0 Å². The van der Waals surface area contributed by atoms with Gasteiger partial charge in [-0.05, 0) is 27.0 Å². The number of nitrogens with zero attached hydrogens (tertiary/aromatic N) is 3. The van der Waals surface area contributed by atoms with E-state index in [0.29, 0.717) is 24.2 Å². The third kappa shape index (κ3) is 2.11. The molecule has 3 heterocycles. The SMILES string of the molecule is Cc1c(F)cc2c3c(c(=O)n(C)c2c1F)NC(=O)C1CN(C)C(C)CN31. The first-order chi connectivity index (χ1) is 12.2. The van der Waals surface area contributed by atoms with Crippen LogP contribution in [0.3, 0.4) is 0 Å². The summed E-state index contributed by atoms with van der Waals surface area (Å²) in [5, 5.41) is 2.96. The lowest BCUT2D eigenvalue weighted by Gasteiger charge is -2.47. The van der Waals surface area contributed by atoms with Gasteiger partial charge in [-0.25, -0.2) is 8.78 Å². The second kappa shape index (κ2) is 5.51. The van der Waals surface area contributed by atoms with E-state index in [9.17, 15) is 18.4 Å². The number of carbonyl (C=O) groups is 1. The zero-order valence-electron chi connectivity index (χ0n) is 15.1. The highest BCUT2D eigenvalue weighted by molar-refractivity contribution is 6.10. The van der Waals surface area contributed by atoms with Crippen molar-refractivity contribution in [3.05, 3.63) is 33.6 Å². The highest BCUT2D eigenvalue weighted by atomic mass is 19.1. The molecule has 1 N–H and O–H groups in total. The number of carbonyl (C=O) groups excluding carboxylic acids is 1. The Hall–Kier alpha value is -2.48. The van der Waals surface area contributed by atoms with Crippen molar-refractivity contribution in [3.8, 4) is 0 Å². The third-order valence-corrected chi connectivity index (χ3v) is 5.66. The van der Waals surface area contributed by atoms with Crippen LogP contribution in [0, 0.1) is 18.6 Å². The van der Waals surface area contributed by atoms with E-state index in [0.717, 1.165) is 4.57 Å². The minimum atomic E-state index is -0.752. The normalized spacial score (nSPS) is 23.0. The number of benzene rings is 1. The standard InChI is InChI=1S/C18H20F2N4O2/c1-8-6-24-12(7-22(8)3)17(25)21-14-16(24)10-5-11(19)9(2)13(20)15(10)23(4)18(14)26/h5,8,12H,6-7H2,1-4H3,(H,21,25). The number of likely N-dealkylation sites (N-methyl/N-ethyl adjacent to an activating group) is 1. The van der Waals surface area contributed by atoms with Gasteiger partial charge in [-0.3, -0.25) is 14.5 Å². The minimum Gasteiger partial charge on any atom is -0.354 e. The highest BCUT2D eigenvalue weighted by Gasteiger charge is 2.41. The van der Waals surface area contributed by atoms with Gasteiger partial charge >= 0.3 is 0 Å². The maximum Gasteiger partial charge on any atom is 0.276 e. The van der Waals surface area contributed by atoms with Gasteiger partial charge in [-0.2, -0.15) is 0 Å². The number of amides is 1. The predicted octanol–water partition coefficient (Wildman–Crippen LogP) is 1.59. The Balaban J connectivity index is 2.10. The summed E-state index contributed by atoms with van der Waals surface area (Å²) in [6.45, 7) is 4.31. The molecule has 2 aliphatic rings. The molecule has 1 aromatic heterocycles. The zero-order chi connectivity index (χ0) is 18.9. The van der Waals surface area contributed by atoms with E-state index < -0.39 is 23.2 Å². The van der Waals surface area contributed by atoms with Gasteiger partial charge in [-0.15, -0.1) is 0 Å². The maximum absolute atomic E-state index is 14.8. The Morgan fingerprint density at radius 1 is 1.19 bits per heavy atom. The van der Waals surface area contributed by atoms with Crippen LogP contribution in [-0.2, 0) is 11.8 Å². The van der Waals surface area contributed by atoms with Crippen LogP contribution in [0.1, 0.15) is 12.5 Å². The molecule has 1 saturated heterocycles. The Kier molecular flexibility index (Phi) is 3.59. The molecule has 0 radical (unpaired) electrons. The lowest BCUT2D eigenvalue weighted by molar-refractivity contribution is -0.118. The first-order valence-corrected chi connectivity index (χ1v) is 8.51. The molecule has 138 valence electrons. The summed E-state index contributed by atoms with van der Waals surface area (Å²) in [5.41, 5.74) is -0.0911. The molecular formula is C18H20F2N4O2. The zero-order valence-corrected chi connectivity index (χ0v) is 15.1. The Morgan fingerprint density at radius 2 is 1.88 bits per heavy atom. The van der Waals surface area contributed by atoms with Gasteiger partial charge in [0.05, 0.1) is 11.2 Å². The van der Waals surface area contributed by atoms with Crippen molar-refractivity contribution < 1.29 is 13.6 Å². The van der Waals surface area contributed by atoms with Crippen LogP contribution >= 0.6 is 0 Å². The van der Waals surface area contributed by atoms with Gasteiger partial charge < -0.3 is 14.8 Å². The first kappa shape index (κ1) is 17.0. The average Bonchev–Trinajstić information content (AvgIpc) is 2.59. The van der Waals surface area contributed by atoms with Crippen LogP contribution in [0.25, 0.3) is 10.9 Å². The number of aryl methyl sites for hydroxylation is 1. The topological polar surface area (TPSA) is 57.6 Å². The van der Waals surface area contributed by atoms with Crippen molar-refractivity contribution in [2.45, 2.75) is 25.9 Å². The fraction of sp³-hybridized carbons (Fsp3) is 0.444. The summed E-state index contributed by atoms with van der Waals surface area (Å²) in [6, 6.07) is 0.875. The van der Waals surface area contributed by atoms with Crippen molar-refractivity contribution in [2.75, 3.05) is 30.4 Å². The Labute approximate surface area is 149 Å². The molecule has 1 aromatic carbocycles. The van der Waals surface area contributed by atoms with Crippen LogP contribution in [0.4, 0.5) is 20.2 Å². The second-order valence-electron chi connectivity index (χ2n) is 7.23. The average molecular weight is 362 g/mol. The van der Waals surface area contributed by atoms with Crippen molar-refractivity contribution in [1.29, 1.82) is 0 Å². The molecule has 1 amide bonds. The fourth-order valence-corrected chi connectivity index (χ4v) is 3.91. The number of aromatic nitrogens is 1. The minimum absolute atomic E-state index is 0.0501. The van der Waals surface area contributed by atoms with Gasteiger partial charge in [0, 0.05) is 37.1 Å². The lowest BCUT2D eigenvalue weighted by Crippen LogP contribution is -2.62. The van der Waals surface area contributed by atoms with E-state index in [1.54, 1.807) is 0 Å². The van der Waals surface area contributed by atoms with E-state index in [4.69, 9.17) is 0 Å². The monoisotopic (exact) mass is 362 g/mol. The van der Waals surface area contributed by atoms with Crippen molar-refractivity contribution in [1.82, 2.24) is 9.47 Å². The number of halogens is 2. The van der Waals surface area contributed by atoms with Gasteiger partial charge in [0.2, 0.25) is 5.91 Å². The molecule has 2 atom stereocenters. The molecule has 0 spiro atoms. The molecule has 1 fully saturated rings. The van der Waals surface area contributed by atoms with Crippen molar-refractivity contribution in [2.24, 2.45) is 7.05 Å². The molecule has 0 bridgehead atoms. The molecule has 4 rings (SSSR count). The number of anilines is 2. The number of pyridine rings is 1. The van der Waals surface area contributed by atoms with Gasteiger partial charge in [0.25, 0.3) is 5.56 Å². The summed E-state index contributed by atoms with van der Waals surface area (Å²) >= 11 is 0. The molecule has 8 heteroatoms. The molecule has 26 heavy (non-hydrogen) atoms. The van der Waals surface area contributed by atoms with Gasteiger partial charge in [0.1, 0.15) is 17.5 Å². The Morgan fingerprint density at radius 3 is 2.58 bits per heavy atom. The number of fused-ring (bicyclic) bond motifs is 5. The second-order valence-corrected chi connectivity index (χ2v) is 7.23. The summed E-state index contributed by atoms with van der Waals surface area (Å²) in [4.78, 5) is 29.2. The number of hydrogen-bond acceptors (Lipinski definition) is 4. The molecule has 2 aromatic rings. The van der Waals surface area contributed by atoms with Crippen LogP contribution in [0.2, 0.25) is 0 Å². The first-order valence-electron chi connectivity index (χ1n) is 8.51. The van der Waals surface area contributed by atoms with Crippen LogP contribution < -0.4 is 15.8 Å². The molecule has 6 nitrogen and oxygen atoms in total. The quantitative estimate of drug-likeness (QED) is 0.773. The van der Waals surface area contributed by atoms with Crippen LogP contribution in [-0.4, -0.2) is 47.6 Å². The highest BCUT2D eigenvalue weighted by Crippen LogP contribution is 2.39. The summed E-state index contributed by atoms with van der Waals surface area (Å²) in [6.07, 6.45) is 0. The molecule has 2 aliphatic heterocycles. The molecule has 0 saturated carbocycles. The maximum atomic E-state index is 14.8. The largest absolute Gasteiger partial charge is 0.354 e. The van der Waals surface area contributed by atoms with Gasteiger partial charge in [0.15, 0.2) is 5.82 Å². The fourth-order valence-electron chi connectivity index (χ4n) is 3.91. The summed E-state index contributed by atoms with van der Waals surface area (Å²) < 4.78 is 30.2. The molecule has 2 unspecified atom stereocenters. The van der Waals surface area contributed by atoms with E-state index in [1.807, 2.05) is 18.9 Å². The number of piperazine rings is 1. The predicted molar refractivity (Wildman–Crippen MR) is 95.7 cm³/mol. The van der Waals surface area contributed by atoms with Crippen LogP contribution in [0.5, 0.6) is 0 Å². The van der Waals surface area contributed by atoms with Crippen LogP contribution in [0.15, 0.2) is 10.9 Å². The molecule has 0 aliphatic carbocycles. The number of hydrogen-bond donors (Lipinski definition) is 1. The number of rotatable bonds is 0. The summed E-state index contributed by atoms with van der Waals surface area (Å²) in [7, 11) is 3.35. The van der Waals surface area contributed by atoms with E-state index in [-0.39, 0.29) is 28.7 Å². The molecular weight excluding hydrogens is 342 g/mol. The third-order valence-electron chi connectivity index (χ3n) is 5.66. The number of nitrogens with one attached hydrogen (secondary N) is 1. The Bertz CT molecular complexity index is 1020. The van der Waals surface area contributed by atoms with Crippen molar-refractivity contribution >= 4 is 28.2 Å². The van der Waals surface area contributed by atoms with E-state index in [1.165, 1.54) is 20.0 Å². The smallest absolute Gasteiger partial charge is 0.276 e. The lowest BCUT2D eigenvalue weighted by atomic mass is 9.99. The van der Waals surface area contributed by atoms with Crippen molar-refractivity contribution in [3.63, 3.8) is 0 Å². The summed E-state index contributed by atoms with van der Waals surface area (Å²) in [5.74, 6) is -1.70. The van der Waals surface area contributed by atoms with E-state index in [2.05, 4.69) is 10.2 Å².